The lowest BCUT2D eigenvalue weighted by Gasteiger charge is -2.00. The van der Waals surface area contributed by atoms with E-state index in [4.69, 9.17) is 14.5 Å². The number of thiazole rings is 1. The first-order valence-corrected chi connectivity index (χ1v) is 8.47. The molecule has 5 nitrogen and oxygen atoms in total. The lowest BCUT2D eigenvalue weighted by Crippen LogP contribution is -1.92. The Morgan fingerprint density at radius 2 is 2.00 bits per heavy atom. The number of nitrogens with zero attached hydrogens (tertiary/aromatic N) is 3. The van der Waals surface area contributed by atoms with Crippen LogP contribution in [0, 0.1) is 6.92 Å². The van der Waals surface area contributed by atoms with E-state index in [1.165, 1.54) is 0 Å². The van der Waals surface area contributed by atoms with Gasteiger partial charge in [0.1, 0.15) is 16.3 Å². The first-order chi connectivity index (χ1) is 11.8. The number of fused-ring (bicyclic) bond motifs is 2. The number of ether oxygens (including phenoxy) is 2. The van der Waals surface area contributed by atoms with Crippen LogP contribution in [-0.2, 0) is 0 Å². The van der Waals surface area contributed by atoms with Crippen LogP contribution in [-0.4, -0.2) is 21.2 Å². The van der Waals surface area contributed by atoms with Gasteiger partial charge in [0.25, 0.3) is 0 Å². The van der Waals surface area contributed by atoms with E-state index >= 15 is 0 Å². The molecule has 4 aromatic rings. The minimum absolute atomic E-state index is 0.280. The van der Waals surface area contributed by atoms with E-state index in [-0.39, 0.29) is 6.79 Å². The van der Waals surface area contributed by atoms with Gasteiger partial charge in [-0.3, -0.25) is 4.40 Å². The Balaban J connectivity index is 1.61. The molecule has 0 aliphatic carbocycles. The number of aryl methyl sites for hydroxylation is 1. The fraction of sp³-hybridized carbons (Fsp3) is 0.111. The van der Waals surface area contributed by atoms with E-state index in [9.17, 15) is 0 Å². The number of imidazole rings is 1. The minimum atomic E-state index is 0.280. The normalized spacial score (nSPS) is 12.9. The van der Waals surface area contributed by atoms with Crippen LogP contribution in [0.5, 0.6) is 11.5 Å². The van der Waals surface area contributed by atoms with Crippen LogP contribution in [0.25, 0.3) is 27.6 Å². The molecule has 118 valence electrons. The van der Waals surface area contributed by atoms with E-state index in [0.29, 0.717) is 0 Å². The summed E-state index contributed by atoms with van der Waals surface area (Å²) in [4.78, 5) is 9.43. The number of pyridine rings is 1. The summed E-state index contributed by atoms with van der Waals surface area (Å²) in [5.41, 5.74) is 4.91. The Bertz CT molecular complexity index is 1070. The third-order valence-electron chi connectivity index (χ3n) is 4.08. The SMILES string of the molecule is Cc1nc2ccccn2c1-c1nc(-c2ccc3c(c2)OCO3)cs1. The lowest BCUT2D eigenvalue weighted by atomic mass is 10.1. The highest BCUT2D eigenvalue weighted by molar-refractivity contribution is 7.13. The zero-order valence-corrected chi connectivity index (χ0v) is 13.7. The number of aromatic nitrogens is 3. The van der Waals surface area contributed by atoms with Crippen LogP contribution in [0.15, 0.2) is 48.0 Å². The molecule has 0 radical (unpaired) electrons. The Labute approximate surface area is 142 Å². The molecule has 0 spiro atoms. The van der Waals surface area contributed by atoms with Crippen molar-refractivity contribution in [2.45, 2.75) is 6.92 Å². The highest BCUT2D eigenvalue weighted by Gasteiger charge is 2.17. The molecule has 0 N–H and O–H groups in total. The number of hydrogen-bond donors (Lipinski definition) is 0. The van der Waals surface area contributed by atoms with Gasteiger partial charge in [0.2, 0.25) is 6.79 Å². The Hall–Kier alpha value is -2.86. The predicted molar refractivity (Wildman–Crippen MR) is 92.6 cm³/mol. The maximum atomic E-state index is 5.46. The van der Waals surface area contributed by atoms with Crippen molar-refractivity contribution in [3.05, 3.63) is 53.7 Å². The van der Waals surface area contributed by atoms with Crippen LogP contribution >= 0.6 is 11.3 Å². The van der Waals surface area contributed by atoms with E-state index in [1.807, 2.05) is 49.5 Å². The predicted octanol–water partition coefficient (Wildman–Crippen LogP) is 4.16. The molecule has 0 amide bonds. The summed E-state index contributed by atoms with van der Waals surface area (Å²) in [5, 5.41) is 3.02. The third kappa shape index (κ3) is 2.00. The molecule has 1 aliphatic heterocycles. The van der Waals surface area contributed by atoms with Gasteiger partial charge in [-0.15, -0.1) is 11.3 Å². The summed E-state index contributed by atoms with van der Waals surface area (Å²) in [6, 6.07) is 11.9. The van der Waals surface area contributed by atoms with Crippen LogP contribution < -0.4 is 9.47 Å². The lowest BCUT2D eigenvalue weighted by molar-refractivity contribution is 0.174. The van der Waals surface area contributed by atoms with Crippen LogP contribution in [0.3, 0.4) is 0 Å². The largest absolute Gasteiger partial charge is 0.454 e. The van der Waals surface area contributed by atoms with E-state index in [0.717, 1.165) is 44.8 Å². The van der Waals surface area contributed by atoms with E-state index < -0.39 is 0 Å². The fourth-order valence-electron chi connectivity index (χ4n) is 2.94. The molecule has 6 heteroatoms. The van der Waals surface area contributed by atoms with Crippen LogP contribution in [0.1, 0.15) is 5.69 Å². The van der Waals surface area contributed by atoms with Gasteiger partial charge in [0.05, 0.1) is 11.4 Å². The summed E-state index contributed by atoms with van der Waals surface area (Å²) in [6.45, 7) is 2.30. The molecule has 0 saturated heterocycles. The third-order valence-corrected chi connectivity index (χ3v) is 4.93. The van der Waals surface area contributed by atoms with Crippen molar-refractivity contribution >= 4 is 17.0 Å². The average molecular weight is 335 g/mol. The average Bonchev–Trinajstić information content (AvgIpc) is 3.31. The summed E-state index contributed by atoms with van der Waals surface area (Å²) >= 11 is 1.62. The second kappa shape index (κ2) is 5.07. The van der Waals surface area contributed by atoms with Crippen molar-refractivity contribution in [2.24, 2.45) is 0 Å². The molecule has 1 aromatic carbocycles. The van der Waals surface area contributed by atoms with Crippen molar-refractivity contribution in [3.63, 3.8) is 0 Å². The van der Waals surface area contributed by atoms with Crippen LogP contribution in [0.4, 0.5) is 0 Å². The topological polar surface area (TPSA) is 48.7 Å². The highest BCUT2D eigenvalue weighted by atomic mass is 32.1. The smallest absolute Gasteiger partial charge is 0.231 e. The molecule has 4 heterocycles. The van der Waals surface area contributed by atoms with Gasteiger partial charge in [-0.05, 0) is 37.3 Å². The maximum absolute atomic E-state index is 5.46. The summed E-state index contributed by atoms with van der Waals surface area (Å²) in [6.07, 6.45) is 2.02. The van der Waals surface area contributed by atoms with Gasteiger partial charge in [-0.2, -0.15) is 0 Å². The van der Waals surface area contributed by atoms with Crippen molar-refractivity contribution in [2.75, 3.05) is 6.79 Å². The molecule has 0 fully saturated rings. The quantitative estimate of drug-likeness (QED) is 0.552. The first kappa shape index (κ1) is 13.6. The summed E-state index contributed by atoms with van der Waals surface area (Å²) in [5.74, 6) is 1.56. The van der Waals surface area contributed by atoms with E-state index in [2.05, 4.69) is 14.8 Å². The molecule has 24 heavy (non-hydrogen) atoms. The van der Waals surface area contributed by atoms with Gasteiger partial charge in [-0.25, -0.2) is 9.97 Å². The molecule has 0 saturated carbocycles. The molecular formula is C18H13N3O2S. The molecule has 0 bridgehead atoms. The zero-order chi connectivity index (χ0) is 16.1. The van der Waals surface area contributed by atoms with Crippen molar-refractivity contribution in [3.8, 4) is 33.5 Å². The summed E-state index contributed by atoms with van der Waals surface area (Å²) in [7, 11) is 0. The Morgan fingerprint density at radius 3 is 2.96 bits per heavy atom. The molecule has 5 rings (SSSR count). The Morgan fingerprint density at radius 1 is 1.08 bits per heavy atom. The first-order valence-electron chi connectivity index (χ1n) is 7.59. The monoisotopic (exact) mass is 335 g/mol. The second-order valence-corrected chi connectivity index (χ2v) is 6.44. The maximum Gasteiger partial charge on any atom is 0.231 e. The van der Waals surface area contributed by atoms with Gasteiger partial charge in [0.15, 0.2) is 11.5 Å². The number of hydrogen-bond acceptors (Lipinski definition) is 5. The number of rotatable bonds is 2. The van der Waals surface area contributed by atoms with Gasteiger partial charge in [0, 0.05) is 17.1 Å². The summed E-state index contributed by atoms with van der Waals surface area (Å²) < 4.78 is 12.9. The molecule has 0 unspecified atom stereocenters. The fourth-order valence-corrected chi connectivity index (χ4v) is 3.86. The second-order valence-electron chi connectivity index (χ2n) is 5.58. The molecule has 0 atom stereocenters. The van der Waals surface area contributed by atoms with Crippen LogP contribution in [0.2, 0.25) is 0 Å². The molecule has 1 aliphatic rings. The van der Waals surface area contributed by atoms with Gasteiger partial charge in [-0.1, -0.05) is 6.07 Å². The van der Waals surface area contributed by atoms with E-state index in [1.54, 1.807) is 11.3 Å². The minimum Gasteiger partial charge on any atom is -0.454 e. The molecular weight excluding hydrogens is 322 g/mol. The van der Waals surface area contributed by atoms with Gasteiger partial charge < -0.3 is 9.47 Å². The van der Waals surface area contributed by atoms with Gasteiger partial charge >= 0.3 is 0 Å². The zero-order valence-electron chi connectivity index (χ0n) is 12.9. The van der Waals surface area contributed by atoms with Crippen molar-refractivity contribution < 1.29 is 9.47 Å². The highest BCUT2D eigenvalue weighted by Crippen LogP contribution is 2.37. The number of benzene rings is 1. The molecule has 3 aromatic heterocycles. The van der Waals surface area contributed by atoms with Crippen molar-refractivity contribution in [1.82, 2.24) is 14.4 Å². The van der Waals surface area contributed by atoms with Crippen molar-refractivity contribution in [1.29, 1.82) is 0 Å². The Kier molecular flexibility index (Phi) is 2.87. The standard InChI is InChI=1S/C18H13N3O2S/c1-11-17(21-7-3-2-4-16(21)19-11)18-20-13(9-24-18)12-5-6-14-15(8-12)23-10-22-14/h2-9H,10H2,1H3.